The predicted octanol–water partition coefficient (Wildman–Crippen LogP) is -4.45. The van der Waals surface area contributed by atoms with Crippen LogP contribution in [0.2, 0.25) is 0 Å². The van der Waals surface area contributed by atoms with E-state index in [1.54, 1.807) is 0 Å². The highest BCUT2D eigenvalue weighted by molar-refractivity contribution is 5.74. The van der Waals surface area contributed by atoms with Crippen LogP contribution in [0.5, 0.6) is 0 Å². The average molecular weight is 915 g/mol. The number of carboxylic acids is 2. The second kappa shape index (κ2) is 23.1. The lowest BCUT2D eigenvalue weighted by molar-refractivity contribution is -0.361. The third-order valence-electron chi connectivity index (χ3n) is 12.0. The summed E-state index contributed by atoms with van der Waals surface area (Å²) in [5.41, 5.74) is -0.849. The summed E-state index contributed by atoms with van der Waals surface area (Å²) in [4.78, 5) is 50.0. The van der Waals surface area contributed by atoms with Crippen LogP contribution in [0.15, 0.2) is 0 Å². The van der Waals surface area contributed by atoms with Gasteiger partial charge in [-0.25, -0.2) is 4.79 Å². The van der Waals surface area contributed by atoms with Crippen LogP contribution in [-0.4, -0.2) is 215 Å². The Morgan fingerprint density at radius 2 is 1.13 bits per heavy atom. The molecule has 2 amide bonds. The summed E-state index contributed by atoms with van der Waals surface area (Å²) < 4.78 is 40.4. The maximum atomic E-state index is 12.7. The maximum absolute atomic E-state index is 12.7. The molecule has 0 aromatic heterocycles. The zero-order chi connectivity index (χ0) is 47.1. The van der Waals surface area contributed by atoms with E-state index in [0.717, 1.165) is 39.5 Å². The van der Waals surface area contributed by atoms with Gasteiger partial charge in [0, 0.05) is 13.8 Å². The van der Waals surface area contributed by atoms with Crippen molar-refractivity contribution in [3.8, 4) is 0 Å². The fourth-order valence-corrected chi connectivity index (χ4v) is 8.56. The molecule has 63 heavy (non-hydrogen) atoms. The minimum atomic E-state index is -2.27. The number of amides is 2. The van der Waals surface area contributed by atoms with E-state index in [0.29, 0.717) is 12.8 Å². The molecule has 20 unspecified atom stereocenters. The van der Waals surface area contributed by atoms with Gasteiger partial charge in [-0.05, 0) is 26.2 Å². The molecule has 4 fully saturated rings. The van der Waals surface area contributed by atoms with Gasteiger partial charge in [0.1, 0.15) is 85.3 Å². The van der Waals surface area contributed by atoms with E-state index < -0.39 is 171 Å². The van der Waals surface area contributed by atoms with Gasteiger partial charge in [0.15, 0.2) is 25.0 Å². The lowest BCUT2D eigenvalue weighted by Crippen LogP contribution is -2.70. The molecule has 1 saturated carbocycles. The van der Waals surface area contributed by atoms with Crippen LogP contribution in [0.1, 0.15) is 79.6 Å². The number of aliphatic carboxylic acids is 2. The Labute approximate surface area is 363 Å². The van der Waals surface area contributed by atoms with Crippen molar-refractivity contribution >= 4 is 23.8 Å². The number of rotatable bonds is 20. The molecule has 4 aliphatic rings. The highest BCUT2D eigenvalue weighted by atomic mass is 16.7. The van der Waals surface area contributed by atoms with Crippen LogP contribution in [0, 0.1) is 5.92 Å². The molecule has 0 aromatic rings. The van der Waals surface area contributed by atoms with Gasteiger partial charge >= 0.3 is 11.9 Å². The highest BCUT2D eigenvalue weighted by Crippen LogP contribution is 2.39. The second-order valence-corrected chi connectivity index (χ2v) is 16.9. The van der Waals surface area contributed by atoms with Gasteiger partial charge < -0.3 is 100.0 Å². The maximum Gasteiger partial charge on any atom is 0.335 e. The molecule has 1 aliphatic carbocycles. The van der Waals surface area contributed by atoms with Crippen molar-refractivity contribution in [1.29, 1.82) is 0 Å². The number of ether oxygens (including phenoxy) is 7. The van der Waals surface area contributed by atoms with Gasteiger partial charge in [-0.3, -0.25) is 14.4 Å². The Morgan fingerprint density at radius 1 is 0.619 bits per heavy atom. The van der Waals surface area contributed by atoms with Crippen LogP contribution in [0.4, 0.5) is 0 Å². The predicted molar refractivity (Wildman–Crippen MR) is 208 cm³/mol. The Hall–Kier alpha value is -2.76. The van der Waals surface area contributed by atoms with E-state index in [9.17, 15) is 75.3 Å². The molecule has 364 valence electrons. The number of carboxylic acid groups (broad SMARTS) is 2. The van der Waals surface area contributed by atoms with Crippen molar-refractivity contribution in [3.05, 3.63) is 0 Å². The minimum Gasteiger partial charge on any atom is -0.481 e. The quantitative estimate of drug-likeness (QED) is 0.0548. The average Bonchev–Trinajstić information content (AvgIpc) is 3.22. The number of unbranched alkanes of at least 4 members (excludes halogenated alkanes) is 2. The zero-order valence-corrected chi connectivity index (χ0v) is 35.8. The number of aliphatic hydroxyl groups is 9. The first-order chi connectivity index (χ1) is 29.6. The van der Waals surface area contributed by atoms with Crippen LogP contribution in [0.3, 0.4) is 0 Å². The Balaban J connectivity index is 1.62. The van der Waals surface area contributed by atoms with Crippen LogP contribution >= 0.6 is 0 Å². The molecule has 0 bridgehead atoms. The molecule has 3 saturated heterocycles. The topological polar surface area (TPSA) is 379 Å². The summed E-state index contributed by atoms with van der Waals surface area (Å²) in [7, 11) is 0. The standard InChI is InChI=1S/C39H66N2O22/c1-6-8-10-39(5,11-9-7-2)63-29-17(34(52)53)12-18(23(46)26(29)49)57-31-22(41-16(4)45)37(59-20(14-43)25(31)48)61-32-27(50)28(51)38(62-33(32)35(54)55)60-30-21(40-15(3)44)36(56)58-19(13-42)24(30)47/h17-33,36-38,42-43,46-51,56H,6-14H2,1-5H3,(H,40,44)(H,41,45)(H,52,53)(H,54,55). The van der Waals surface area contributed by atoms with E-state index in [4.69, 9.17) is 33.2 Å². The second-order valence-electron chi connectivity index (χ2n) is 16.9. The number of nitrogens with one attached hydrogen (secondary N) is 2. The van der Waals surface area contributed by atoms with Crippen molar-refractivity contribution in [2.75, 3.05) is 13.2 Å². The molecule has 0 aromatic carbocycles. The van der Waals surface area contributed by atoms with Gasteiger partial charge in [-0.15, -0.1) is 0 Å². The Bertz CT molecular complexity index is 1500. The molecule has 0 radical (unpaired) electrons. The monoisotopic (exact) mass is 914 g/mol. The van der Waals surface area contributed by atoms with Crippen molar-refractivity contribution < 1.29 is 109 Å². The lowest BCUT2D eigenvalue weighted by atomic mass is 9.79. The van der Waals surface area contributed by atoms with Gasteiger partial charge in [-0.1, -0.05) is 39.5 Å². The van der Waals surface area contributed by atoms with E-state index in [2.05, 4.69) is 10.6 Å². The van der Waals surface area contributed by atoms with Crippen molar-refractivity contribution in [2.45, 2.75) is 202 Å². The van der Waals surface area contributed by atoms with Gasteiger partial charge in [0.2, 0.25) is 11.8 Å². The molecular formula is C39H66N2O22. The number of aliphatic hydroxyl groups excluding tert-OH is 9. The fourth-order valence-electron chi connectivity index (χ4n) is 8.56. The molecule has 3 aliphatic heterocycles. The number of carbonyl (C=O) groups excluding carboxylic acids is 2. The third-order valence-corrected chi connectivity index (χ3v) is 12.0. The summed E-state index contributed by atoms with van der Waals surface area (Å²) in [6.07, 6.45) is -28.1. The number of hydrogen-bond donors (Lipinski definition) is 13. The normalized spacial score (nSPS) is 41.1. The van der Waals surface area contributed by atoms with E-state index in [1.165, 1.54) is 0 Å². The number of carbonyl (C=O) groups is 4. The minimum absolute atomic E-state index is 0.480. The van der Waals surface area contributed by atoms with E-state index >= 15 is 0 Å². The summed E-state index contributed by atoms with van der Waals surface area (Å²) >= 11 is 0. The third kappa shape index (κ3) is 12.6. The van der Waals surface area contributed by atoms with E-state index in [1.807, 2.05) is 20.8 Å². The largest absolute Gasteiger partial charge is 0.481 e. The Kier molecular flexibility index (Phi) is 19.4. The van der Waals surface area contributed by atoms with Crippen molar-refractivity contribution in [1.82, 2.24) is 10.6 Å². The van der Waals surface area contributed by atoms with Crippen LogP contribution in [-0.2, 0) is 52.3 Å². The van der Waals surface area contributed by atoms with Crippen LogP contribution < -0.4 is 10.6 Å². The lowest BCUT2D eigenvalue weighted by Gasteiger charge is -2.50. The molecule has 24 nitrogen and oxygen atoms in total. The molecule has 3 heterocycles. The first-order valence-electron chi connectivity index (χ1n) is 21.2. The SMILES string of the molecule is CCCCC(C)(CCCC)OC1C(C(=O)O)CC(OC2C(O)C(CO)OC(OC3C(C(=O)O)OC(OC4C(O)C(CO)OC(O)C4NC(C)=O)C(O)C3O)C2NC(C)=O)C(O)C1O. The number of hydrogen-bond acceptors (Lipinski definition) is 20. The molecule has 0 spiro atoms. The zero-order valence-electron chi connectivity index (χ0n) is 35.8. The van der Waals surface area contributed by atoms with Gasteiger partial charge in [-0.2, -0.15) is 0 Å². The smallest absolute Gasteiger partial charge is 0.335 e. The first kappa shape index (κ1) is 52.9. The Morgan fingerprint density at radius 3 is 1.63 bits per heavy atom. The molecular weight excluding hydrogens is 848 g/mol. The molecule has 13 N–H and O–H groups in total. The summed E-state index contributed by atoms with van der Waals surface area (Å²) in [5.74, 6) is -6.21. The van der Waals surface area contributed by atoms with Gasteiger partial charge in [0.25, 0.3) is 0 Å². The fraction of sp³-hybridized carbons (Fsp3) is 0.897. The molecule has 4 rings (SSSR count). The van der Waals surface area contributed by atoms with Crippen molar-refractivity contribution in [3.63, 3.8) is 0 Å². The van der Waals surface area contributed by atoms with E-state index in [-0.39, 0.29) is 0 Å². The molecule has 20 atom stereocenters. The molecule has 24 heteroatoms. The van der Waals surface area contributed by atoms with Crippen molar-refractivity contribution in [2.24, 2.45) is 5.92 Å². The summed E-state index contributed by atoms with van der Waals surface area (Å²) in [6, 6.07) is -3.27. The van der Waals surface area contributed by atoms with Crippen LogP contribution in [0.25, 0.3) is 0 Å². The first-order valence-corrected chi connectivity index (χ1v) is 21.2. The summed E-state index contributed by atoms with van der Waals surface area (Å²) in [6.45, 7) is 6.07. The van der Waals surface area contributed by atoms with Gasteiger partial charge in [0.05, 0.1) is 30.8 Å². The highest BCUT2D eigenvalue weighted by Gasteiger charge is 2.58. The summed E-state index contributed by atoms with van der Waals surface area (Å²) in [5, 5.41) is 124.